The van der Waals surface area contributed by atoms with Crippen LogP contribution in [0.25, 0.3) is 0 Å². The van der Waals surface area contributed by atoms with Crippen LogP contribution in [0.1, 0.15) is 43.1 Å². The lowest BCUT2D eigenvalue weighted by atomic mass is 10.1. The molecule has 0 heterocycles. The number of nitrogens with one attached hydrogen (secondary N) is 2. The summed E-state index contributed by atoms with van der Waals surface area (Å²) in [7, 11) is 1.32. The van der Waals surface area contributed by atoms with E-state index in [-0.39, 0.29) is 18.9 Å². The molecule has 0 aliphatic carbocycles. The van der Waals surface area contributed by atoms with Crippen LogP contribution < -0.4 is 10.6 Å². The molecule has 0 aliphatic heterocycles. The number of ether oxygens (including phenoxy) is 2. The van der Waals surface area contributed by atoms with Crippen molar-refractivity contribution in [3.8, 4) is 0 Å². The monoisotopic (exact) mass is 336 g/mol. The first-order chi connectivity index (χ1) is 11.2. The van der Waals surface area contributed by atoms with Crippen LogP contribution in [0.3, 0.4) is 0 Å². The van der Waals surface area contributed by atoms with Crippen LogP contribution in [-0.4, -0.2) is 37.2 Å². The molecule has 0 aromatic heterocycles. The molecule has 2 amide bonds. The molecule has 1 aromatic carbocycles. The van der Waals surface area contributed by atoms with E-state index in [0.717, 1.165) is 5.56 Å². The first-order valence-electron chi connectivity index (χ1n) is 7.62. The number of amides is 2. The average molecular weight is 336 g/mol. The first-order valence-corrected chi connectivity index (χ1v) is 7.62. The third-order valence-electron chi connectivity index (χ3n) is 2.88. The Labute approximate surface area is 141 Å². The van der Waals surface area contributed by atoms with Crippen molar-refractivity contribution in [3.63, 3.8) is 0 Å². The van der Waals surface area contributed by atoms with E-state index in [9.17, 15) is 14.4 Å². The number of carbonyl (C=O) groups excluding carboxylic acids is 3. The van der Waals surface area contributed by atoms with Crippen LogP contribution >= 0.6 is 0 Å². The highest BCUT2D eigenvalue weighted by molar-refractivity contribution is 5.89. The summed E-state index contributed by atoms with van der Waals surface area (Å²) in [6.07, 6.45) is -0.395. The Morgan fingerprint density at radius 1 is 1.04 bits per heavy atom. The summed E-state index contributed by atoms with van der Waals surface area (Å²) in [6, 6.07) is 6.76. The first kappa shape index (κ1) is 19.5. The van der Waals surface area contributed by atoms with Gasteiger partial charge in [0.05, 0.1) is 12.7 Å². The zero-order valence-corrected chi connectivity index (χ0v) is 14.5. The largest absolute Gasteiger partial charge is 0.465 e. The van der Waals surface area contributed by atoms with Crippen LogP contribution in [0, 0.1) is 0 Å². The van der Waals surface area contributed by atoms with Gasteiger partial charge in [0, 0.05) is 19.5 Å². The maximum atomic E-state index is 11.7. The van der Waals surface area contributed by atoms with Crippen molar-refractivity contribution in [2.45, 2.75) is 39.3 Å². The second-order valence-electron chi connectivity index (χ2n) is 6.14. The Balaban J connectivity index is 2.29. The average Bonchev–Trinajstić information content (AvgIpc) is 2.51. The summed E-state index contributed by atoms with van der Waals surface area (Å²) in [5, 5.41) is 5.26. The van der Waals surface area contributed by atoms with Gasteiger partial charge in [-0.15, -0.1) is 0 Å². The highest BCUT2D eigenvalue weighted by atomic mass is 16.6. The minimum absolute atomic E-state index is 0.152. The topological polar surface area (TPSA) is 93.7 Å². The summed E-state index contributed by atoms with van der Waals surface area (Å²) in [4.78, 5) is 34.5. The van der Waals surface area contributed by atoms with Crippen molar-refractivity contribution in [1.29, 1.82) is 0 Å². The summed E-state index contributed by atoms with van der Waals surface area (Å²) >= 11 is 0. The second-order valence-corrected chi connectivity index (χ2v) is 6.14. The van der Waals surface area contributed by atoms with Gasteiger partial charge in [-0.2, -0.15) is 0 Å². The molecule has 1 aromatic rings. The molecule has 0 aliphatic rings. The fourth-order valence-electron chi connectivity index (χ4n) is 1.76. The Morgan fingerprint density at radius 3 is 2.21 bits per heavy atom. The normalized spacial score (nSPS) is 10.7. The number of benzene rings is 1. The lowest BCUT2D eigenvalue weighted by Crippen LogP contribution is -2.35. The maximum Gasteiger partial charge on any atom is 0.407 e. The summed E-state index contributed by atoms with van der Waals surface area (Å²) in [5.74, 6) is -0.595. The zero-order chi connectivity index (χ0) is 18.2. The molecule has 0 saturated carbocycles. The molecule has 0 unspecified atom stereocenters. The van der Waals surface area contributed by atoms with Gasteiger partial charge in [-0.3, -0.25) is 4.79 Å². The van der Waals surface area contributed by atoms with Gasteiger partial charge < -0.3 is 20.1 Å². The fourth-order valence-corrected chi connectivity index (χ4v) is 1.76. The molecule has 0 bridgehead atoms. The SMILES string of the molecule is COC(=O)c1ccc(CNC(=O)CCNC(=O)OC(C)(C)C)cc1. The standard InChI is InChI=1S/C17H24N2O5/c1-17(2,3)24-16(22)18-10-9-14(20)19-11-12-5-7-13(8-6-12)15(21)23-4/h5-8H,9-11H2,1-4H3,(H,18,22)(H,19,20). The van der Waals surface area contributed by atoms with Crippen molar-refractivity contribution in [2.75, 3.05) is 13.7 Å². The molecule has 0 atom stereocenters. The summed E-state index contributed by atoms with van der Waals surface area (Å²) < 4.78 is 9.68. The van der Waals surface area contributed by atoms with Crippen molar-refractivity contribution < 1.29 is 23.9 Å². The molecule has 0 spiro atoms. The van der Waals surface area contributed by atoms with Crippen LogP contribution in [0.4, 0.5) is 4.79 Å². The third-order valence-corrected chi connectivity index (χ3v) is 2.88. The maximum absolute atomic E-state index is 11.7. The van der Waals surface area contributed by atoms with Gasteiger partial charge in [0.2, 0.25) is 5.91 Å². The molecule has 2 N–H and O–H groups in total. The Hall–Kier alpha value is -2.57. The quantitative estimate of drug-likeness (QED) is 0.775. The van der Waals surface area contributed by atoms with Crippen LogP contribution in [0.15, 0.2) is 24.3 Å². The van der Waals surface area contributed by atoms with Crippen LogP contribution in [0.5, 0.6) is 0 Å². The number of hydrogen-bond acceptors (Lipinski definition) is 5. The van der Waals surface area contributed by atoms with Crippen molar-refractivity contribution in [3.05, 3.63) is 35.4 Å². The van der Waals surface area contributed by atoms with Gasteiger partial charge in [0.25, 0.3) is 0 Å². The number of esters is 1. The summed E-state index contributed by atoms with van der Waals surface area (Å²) in [5.41, 5.74) is 0.744. The van der Waals surface area contributed by atoms with E-state index in [1.807, 2.05) is 0 Å². The van der Waals surface area contributed by atoms with Gasteiger partial charge >= 0.3 is 12.1 Å². The van der Waals surface area contributed by atoms with E-state index in [2.05, 4.69) is 15.4 Å². The van der Waals surface area contributed by atoms with Gasteiger partial charge in [-0.25, -0.2) is 9.59 Å². The number of alkyl carbamates (subject to hydrolysis) is 1. The number of rotatable bonds is 6. The Bertz CT molecular complexity index is 576. The smallest absolute Gasteiger partial charge is 0.407 e. The van der Waals surface area contributed by atoms with Gasteiger partial charge in [0.15, 0.2) is 0 Å². The predicted octanol–water partition coefficient (Wildman–Crippen LogP) is 2.00. The molecular formula is C17H24N2O5. The van der Waals surface area contributed by atoms with E-state index >= 15 is 0 Å². The molecular weight excluding hydrogens is 312 g/mol. The Kier molecular flexibility index (Phi) is 7.23. The van der Waals surface area contributed by atoms with E-state index in [4.69, 9.17) is 4.74 Å². The van der Waals surface area contributed by atoms with E-state index in [1.165, 1.54) is 7.11 Å². The number of carbonyl (C=O) groups is 3. The van der Waals surface area contributed by atoms with Crippen molar-refractivity contribution in [2.24, 2.45) is 0 Å². The third kappa shape index (κ3) is 7.62. The highest BCUT2D eigenvalue weighted by Crippen LogP contribution is 2.07. The molecule has 7 nitrogen and oxygen atoms in total. The fraction of sp³-hybridized carbons (Fsp3) is 0.471. The lowest BCUT2D eigenvalue weighted by molar-refractivity contribution is -0.121. The van der Waals surface area contributed by atoms with E-state index in [1.54, 1.807) is 45.0 Å². The zero-order valence-electron chi connectivity index (χ0n) is 14.5. The lowest BCUT2D eigenvalue weighted by Gasteiger charge is -2.19. The second kappa shape index (κ2) is 8.90. The molecule has 1 rings (SSSR count). The molecule has 0 radical (unpaired) electrons. The highest BCUT2D eigenvalue weighted by Gasteiger charge is 2.15. The molecule has 132 valence electrons. The van der Waals surface area contributed by atoms with Gasteiger partial charge in [-0.05, 0) is 38.5 Å². The van der Waals surface area contributed by atoms with Crippen LogP contribution in [0.2, 0.25) is 0 Å². The molecule has 0 fully saturated rings. The predicted molar refractivity (Wildman–Crippen MR) is 88.5 cm³/mol. The van der Waals surface area contributed by atoms with Gasteiger partial charge in [0.1, 0.15) is 5.60 Å². The van der Waals surface area contributed by atoms with E-state index in [0.29, 0.717) is 12.1 Å². The molecule has 7 heteroatoms. The number of hydrogen-bond donors (Lipinski definition) is 2. The van der Waals surface area contributed by atoms with E-state index < -0.39 is 17.7 Å². The molecule has 24 heavy (non-hydrogen) atoms. The van der Waals surface area contributed by atoms with Crippen molar-refractivity contribution in [1.82, 2.24) is 10.6 Å². The minimum atomic E-state index is -0.567. The molecule has 0 saturated heterocycles. The summed E-state index contributed by atoms with van der Waals surface area (Å²) in [6.45, 7) is 5.84. The minimum Gasteiger partial charge on any atom is -0.465 e. The number of methoxy groups -OCH3 is 1. The van der Waals surface area contributed by atoms with Crippen LogP contribution in [-0.2, 0) is 20.8 Å². The van der Waals surface area contributed by atoms with Crippen molar-refractivity contribution >= 4 is 18.0 Å². The van der Waals surface area contributed by atoms with Gasteiger partial charge in [-0.1, -0.05) is 12.1 Å². The Morgan fingerprint density at radius 2 is 1.67 bits per heavy atom.